The van der Waals surface area contributed by atoms with E-state index in [4.69, 9.17) is 11.6 Å². The topological polar surface area (TPSA) is 81.7 Å². The molecule has 1 amide bonds. The van der Waals surface area contributed by atoms with Crippen LogP contribution in [0.4, 0.5) is 5.69 Å². The van der Waals surface area contributed by atoms with E-state index in [0.29, 0.717) is 6.54 Å². The van der Waals surface area contributed by atoms with Gasteiger partial charge in [-0.25, -0.2) is 8.42 Å². The summed E-state index contributed by atoms with van der Waals surface area (Å²) in [5.74, 6) is -0.469. The van der Waals surface area contributed by atoms with Crippen LogP contribution in [0.3, 0.4) is 0 Å². The second-order valence-electron chi connectivity index (χ2n) is 7.87. The van der Waals surface area contributed by atoms with E-state index in [0.717, 1.165) is 54.8 Å². The van der Waals surface area contributed by atoms with E-state index in [1.807, 2.05) is 32.0 Å². The summed E-state index contributed by atoms with van der Waals surface area (Å²) in [4.78, 5) is 17.3. The second kappa shape index (κ2) is 10.8. The average Bonchev–Trinajstić information content (AvgIpc) is 3.28. The summed E-state index contributed by atoms with van der Waals surface area (Å²) in [7, 11) is -3.70. The molecule has 1 aliphatic heterocycles. The molecule has 1 saturated heterocycles. The van der Waals surface area contributed by atoms with Gasteiger partial charge < -0.3 is 10.2 Å². The van der Waals surface area contributed by atoms with E-state index in [9.17, 15) is 13.2 Å². The molecule has 0 radical (unpaired) electrons. The molecule has 0 bridgehead atoms. The van der Waals surface area contributed by atoms with E-state index in [1.165, 1.54) is 6.07 Å². The standard InChI is InChI=1S/C21H29ClN4O3S2/c1-16(2)20(24-31(28,29)19-7-4-14-30-19)21(27)23-8-9-25-10-12-26(13-11-25)18-6-3-5-17(22)15-18/h3-7,14-16,20,24H,8-13H2,1-2H3,(H,23,27). The molecule has 2 N–H and O–H groups in total. The van der Waals surface area contributed by atoms with Gasteiger partial charge in [-0.2, -0.15) is 4.72 Å². The third-order valence-corrected chi connectivity index (χ3v) is 8.34. The lowest BCUT2D eigenvalue weighted by atomic mass is 10.1. The van der Waals surface area contributed by atoms with E-state index in [-0.39, 0.29) is 16.0 Å². The van der Waals surface area contributed by atoms with Crippen molar-refractivity contribution in [2.75, 3.05) is 44.2 Å². The van der Waals surface area contributed by atoms with Crippen LogP contribution < -0.4 is 14.9 Å². The minimum Gasteiger partial charge on any atom is -0.369 e. The SMILES string of the molecule is CC(C)C(NS(=O)(=O)c1cccs1)C(=O)NCCN1CCN(c2cccc(Cl)c2)CC1. The number of sulfonamides is 1. The van der Waals surface area contributed by atoms with Crippen molar-refractivity contribution in [3.05, 3.63) is 46.8 Å². The van der Waals surface area contributed by atoms with Gasteiger partial charge in [0.15, 0.2) is 0 Å². The van der Waals surface area contributed by atoms with E-state index < -0.39 is 16.1 Å². The predicted molar refractivity (Wildman–Crippen MR) is 126 cm³/mol. The van der Waals surface area contributed by atoms with Gasteiger partial charge in [-0.1, -0.05) is 37.6 Å². The molecule has 1 atom stereocenters. The number of nitrogens with zero attached hydrogens (tertiary/aromatic N) is 2. The molecule has 31 heavy (non-hydrogen) atoms. The van der Waals surface area contributed by atoms with Gasteiger partial charge in [0.05, 0.1) is 0 Å². The monoisotopic (exact) mass is 484 g/mol. The third-order valence-electron chi connectivity index (χ3n) is 5.26. The number of carbonyl (C=O) groups excluding carboxylic acids is 1. The first-order chi connectivity index (χ1) is 14.8. The van der Waals surface area contributed by atoms with Crippen LogP contribution >= 0.6 is 22.9 Å². The zero-order valence-corrected chi connectivity index (χ0v) is 20.1. The number of thiophene rings is 1. The molecule has 1 aliphatic rings. The van der Waals surface area contributed by atoms with Crippen molar-refractivity contribution in [1.82, 2.24) is 14.9 Å². The van der Waals surface area contributed by atoms with Gasteiger partial charge >= 0.3 is 0 Å². The summed E-state index contributed by atoms with van der Waals surface area (Å²) in [5, 5.41) is 5.33. The first kappa shape index (κ1) is 24.0. The number of nitrogens with one attached hydrogen (secondary N) is 2. The molecular formula is C21H29ClN4O3S2. The summed E-state index contributed by atoms with van der Waals surface area (Å²) in [6.45, 7) is 8.42. The van der Waals surface area contributed by atoms with E-state index >= 15 is 0 Å². The molecule has 1 fully saturated rings. The number of amides is 1. The normalized spacial score (nSPS) is 16.5. The number of piperazine rings is 1. The van der Waals surface area contributed by atoms with Gasteiger partial charge in [0.25, 0.3) is 10.0 Å². The Bertz CT molecular complexity index is 959. The number of carbonyl (C=O) groups is 1. The molecule has 0 aliphatic carbocycles. The molecule has 3 rings (SSSR count). The molecule has 7 nitrogen and oxygen atoms in total. The Hall–Kier alpha value is -1.65. The molecular weight excluding hydrogens is 456 g/mol. The lowest BCUT2D eigenvalue weighted by Crippen LogP contribution is -2.52. The summed E-state index contributed by atoms with van der Waals surface area (Å²) < 4.78 is 27.8. The van der Waals surface area contributed by atoms with Gasteiger partial charge in [-0.3, -0.25) is 9.69 Å². The van der Waals surface area contributed by atoms with Crippen LogP contribution in [0.5, 0.6) is 0 Å². The molecule has 1 aromatic heterocycles. The average molecular weight is 485 g/mol. The largest absolute Gasteiger partial charge is 0.369 e. The van der Waals surface area contributed by atoms with Crippen LogP contribution in [0.15, 0.2) is 46.0 Å². The van der Waals surface area contributed by atoms with Crippen LogP contribution in [0.1, 0.15) is 13.8 Å². The number of benzene rings is 1. The van der Waals surface area contributed by atoms with Crippen molar-refractivity contribution in [1.29, 1.82) is 0 Å². The minimum atomic E-state index is -3.70. The van der Waals surface area contributed by atoms with Crippen molar-refractivity contribution < 1.29 is 13.2 Å². The molecule has 2 aromatic rings. The highest BCUT2D eigenvalue weighted by atomic mass is 35.5. The fourth-order valence-electron chi connectivity index (χ4n) is 3.48. The van der Waals surface area contributed by atoms with Crippen molar-refractivity contribution in [2.24, 2.45) is 5.92 Å². The minimum absolute atomic E-state index is 0.170. The number of hydrogen-bond donors (Lipinski definition) is 2. The van der Waals surface area contributed by atoms with Crippen LogP contribution in [0.25, 0.3) is 0 Å². The Balaban J connectivity index is 1.45. The van der Waals surface area contributed by atoms with E-state index in [1.54, 1.807) is 11.4 Å². The summed E-state index contributed by atoms with van der Waals surface area (Å²) in [6, 6.07) is 10.3. The molecule has 1 aromatic carbocycles. The first-order valence-electron chi connectivity index (χ1n) is 10.3. The fourth-order valence-corrected chi connectivity index (χ4v) is 6.02. The highest BCUT2D eigenvalue weighted by Crippen LogP contribution is 2.21. The maximum absolute atomic E-state index is 12.7. The highest BCUT2D eigenvalue weighted by Gasteiger charge is 2.29. The second-order valence-corrected chi connectivity index (χ2v) is 11.2. The van der Waals surface area contributed by atoms with Crippen molar-refractivity contribution in [3.8, 4) is 0 Å². The maximum atomic E-state index is 12.7. The summed E-state index contributed by atoms with van der Waals surface area (Å²) in [5.41, 5.74) is 1.12. The van der Waals surface area contributed by atoms with Crippen molar-refractivity contribution in [3.63, 3.8) is 0 Å². The molecule has 170 valence electrons. The number of rotatable bonds is 9. The van der Waals surface area contributed by atoms with Gasteiger partial charge in [0.2, 0.25) is 5.91 Å². The molecule has 0 spiro atoms. The Morgan fingerprint density at radius 2 is 1.90 bits per heavy atom. The zero-order chi connectivity index (χ0) is 22.4. The molecule has 1 unspecified atom stereocenters. The van der Waals surface area contributed by atoms with E-state index in [2.05, 4.69) is 25.9 Å². The maximum Gasteiger partial charge on any atom is 0.250 e. The van der Waals surface area contributed by atoms with Gasteiger partial charge in [0.1, 0.15) is 10.3 Å². The van der Waals surface area contributed by atoms with Crippen LogP contribution in [-0.2, 0) is 14.8 Å². The molecule has 10 heteroatoms. The summed E-state index contributed by atoms with van der Waals surface area (Å²) >= 11 is 7.22. The Kier molecular flexibility index (Phi) is 8.35. The number of halogens is 1. The predicted octanol–water partition coefficient (Wildman–Crippen LogP) is 2.64. The lowest BCUT2D eigenvalue weighted by molar-refractivity contribution is -0.123. The van der Waals surface area contributed by atoms with Crippen molar-refractivity contribution in [2.45, 2.75) is 24.1 Å². The smallest absolute Gasteiger partial charge is 0.250 e. The Morgan fingerprint density at radius 1 is 1.16 bits per heavy atom. The Morgan fingerprint density at radius 3 is 2.52 bits per heavy atom. The summed E-state index contributed by atoms with van der Waals surface area (Å²) in [6.07, 6.45) is 0. The van der Waals surface area contributed by atoms with Crippen LogP contribution in [0, 0.1) is 5.92 Å². The first-order valence-corrected chi connectivity index (χ1v) is 13.1. The fraction of sp³-hybridized carbons (Fsp3) is 0.476. The quantitative estimate of drug-likeness (QED) is 0.571. The molecule has 2 heterocycles. The highest BCUT2D eigenvalue weighted by molar-refractivity contribution is 7.91. The van der Waals surface area contributed by atoms with Crippen LogP contribution in [0.2, 0.25) is 5.02 Å². The van der Waals surface area contributed by atoms with Crippen molar-refractivity contribution >= 4 is 44.6 Å². The number of anilines is 1. The van der Waals surface area contributed by atoms with Crippen LogP contribution in [-0.4, -0.2) is 64.5 Å². The lowest BCUT2D eigenvalue weighted by Gasteiger charge is -2.36. The Labute approximate surface area is 193 Å². The zero-order valence-electron chi connectivity index (χ0n) is 17.8. The third kappa shape index (κ3) is 6.66. The molecule has 0 saturated carbocycles. The van der Waals surface area contributed by atoms with Gasteiger partial charge in [-0.15, -0.1) is 11.3 Å². The van der Waals surface area contributed by atoms with Gasteiger partial charge in [0, 0.05) is 50.0 Å². The van der Waals surface area contributed by atoms with Gasteiger partial charge in [-0.05, 0) is 35.6 Å². The number of hydrogen-bond acceptors (Lipinski definition) is 6.